The van der Waals surface area contributed by atoms with E-state index < -0.39 is 11.7 Å². The number of carbonyl (C=O) groups excluding carboxylic acids is 1. The highest BCUT2D eigenvalue weighted by Crippen LogP contribution is 2.32. The molecule has 1 saturated carbocycles. The van der Waals surface area contributed by atoms with E-state index in [-0.39, 0.29) is 18.2 Å². The second-order valence-electron chi connectivity index (χ2n) is 5.56. The standard InChI is InChI=1S/C14H27NO3/c1-3-11(4-2)12(16)10-15-13(17)9-14(18)7-5-6-8-14/h11-12,16,18H,3-10H2,1-2H3,(H,15,17)/t12-/m1/s1. The maximum atomic E-state index is 11.7. The molecule has 1 rings (SSSR count). The number of hydrogen-bond donors (Lipinski definition) is 3. The fourth-order valence-electron chi connectivity index (χ4n) is 2.79. The van der Waals surface area contributed by atoms with Crippen molar-refractivity contribution >= 4 is 5.91 Å². The lowest BCUT2D eigenvalue weighted by Gasteiger charge is -2.23. The molecule has 1 atom stereocenters. The van der Waals surface area contributed by atoms with Crippen molar-refractivity contribution in [2.45, 2.75) is 70.5 Å². The van der Waals surface area contributed by atoms with Gasteiger partial charge in [0.05, 0.1) is 18.1 Å². The normalized spacial score (nSPS) is 20.1. The highest BCUT2D eigenvalue weighted by Gasteiger charge is 2.33. The molecule has 4 heteroatoms. The van der Waals surface area contributed by atoms with E-state index in [1.165, 1.54) is 0 Å². The van der Waals surface area contributed by atoms with E-state index in [0.29, 0.717) is 6.54 Å². The van der Waals surface area contributed by atoms with Crippen LogP contribution in [0.2, 0.25) is 0 Å². The number of carbonyl (C=O) groups is 1. The Morgan fingerprint density at radius 3 is 2.33 bits per heavy atom. The van der Waals surface area contributed by atoms with Crippen molar-refractivity contribution < 1.29 is 15.0 Å². The third-order valence-corrected chi connectivity index (χ3v) is 4.13. The molecule has 1 amide bonds. The van der Waals surface area contributed by atoms with E-state index in [4.69, 9.17) is 0 Å². The zero-order valence-electron chi connectivity index (χ0n) is 11.6. The first kappa shape index (κ1) is 15.4. The summed E-state index contributed by atoms with van der Waals surface area (Å²) in [5.41, 5.74) is -0.802. The third kappa shape index (κ3) is 4.58. The molecule has 0 heterocycles. The molecule has 1 fully saturated rings. The van der Waals surface area contributed by atoms with Crippen LogP contribution >= 0.6 is 0 Å². The summed E-state index contributed by atoms with van der Waals surface area (Å²) in [5, 5.41) is 22.7. The minimum Gasteiger partial charge on any atom is -0.391 e. The van der Waals surface area contributed by atoms with Gasteiger partial charge in [-0.15, -0.1) is 0 Å². The zero-order valence-corrected chi connectivity index (χ0v) is 11.6. The summed E-state index contributed by atoms with van der Waals surface area (Å²) in [7, 11) is 0. The monoisotopic (exact) mass is 257 g/mol. The Hall–Kier alpha value is -0.610. The smallest absolute Gasteiger partial charge is 0.222 e. The molecule has 4 nitrogen and oxygen atoms in total. The Balaban J connectivity index is 2.28. The zero-order chi connectivity index (χ0) is 13.6. The molecule has 0 aromatic heterocycles. The van der Waals surface area contributed by atoms with Gasteiger partial charge in [0, 0.05) is 6.54 Å². The topological polar surface area (TPSA) is 69.6 Å². The molecule has 0 saturated heterocycles. The van der Waals surface area contributed by atoms with Crippen molar-refractivity contribution in [2.24, 2.45) is 5.92 Å². The molecule has 0 aliphatic heterocycles. The summed E-state index contributed by atoms with van der Waals surface area (Å²) < 4.78 is 0. The van der Waals surface area contributed by atoms with E-state index in [1.807, 2.05) is 13.8 Å². The van der Waals surface area contributed by atoms with Crippen LogP contribution in [0, 0.1) is 5.92 Å². The first-order chi connectivity index (χ1) is 8.50. The van der Waals surface area contributed by atoms with Gasteiger partial charge in [-0.25, -0.2) is 0 Å². The van der Waals surface area contributed by atoms with Crippen molar-refractivity contribution in [1.29, 1.82) is 0 Å². The predicted octanol–water partition coefficient (Wildman–Crippen LogP) is 1.59. The fourth-order valence-corrected chi connectivity index (χ4v) is 2.79. The summed E-state index contributed by atoms with van der Waals surface area (Å²) in [6, 6.07) is 0. The number of nitrogens with one attached hydrogen (secondary N) is 1. The van der Waals surface area contributed by atoms with Crippen molar-refractivity contribution in [3.8, 4) is 0 Å². The number of aliphatic hydroxyl groups is 2. The Morgan fingerprint density at radius 2 is 1.83 bits per heavy atom. The number of hydrogen-bond acceptors (Lipinski definition) is 3. The highest BCUT2D eigenvalue weighted by atomic mass is 16.3. The lowest BCUT2D eigenvalue weighted by atomic mass is 9.95. The van der Waals surface area contributed by atoms with Crippen LogP contribution in [0.1, 0.15) is 58.8 Å². The molecule has 0 aromatic rings. The minimum absolute atomic E-state index is 0.149. The van der Waals surface area contributed by atoms with E-state index in [9.17, 15) is 15.0 Å². The van der Waals surface area contributed by atoms with Gasteiger partial charge in [0.15, 0.2) is 0 Å². The molecule has 0 unspecified atom stereocenters. The number of amides is 1. The van der Waals surface area contributed by atoms with Crippen molar-refractivity contribution in [2.75, 3.05) is 6.54 Å². The second-order valence-corrected chi connectivity index (χ2v) is 5.56. The molecule has 3 N–H and O–H groups in total. The largest absolute Gasteiger partial charge is 0.391 e. The van der Waals surface area contributed by atoms with Crippen LogP contribution in [0.5, 0.6) is 0 Å². The summed E-state index contributed by atoms with van der Waals surface area (Å²) >= 11 is 0. The Kier molecular flexibility index (Phi) is 6.09. The average molecular weight is 257 g/mol. The van der Waals surface area contributed by atoms with Crippen LogP contribution in [-0.4, -0.2) is 34.4 Å². The molecule has 1 aliphatic carbocycles. The lowest BCUT2D eigenvalue weighted by Crippen LogP contribution is -2.40. The Labute approximate surface area is 110 Å². The van der Waals surface area contributed by atoms with Crippen molar-refractivity contribution in [1.82, 2.24) is 5.32 Å². The third-order valence-electron chi connectivity index (χ3n) is 4.13. The van der Waals surface area contributed by atoms with E-state index in [2.05, 4.69) is 5.32 Å². The van der Waals surface area contributed by atoms with E-state index in [0.717, 1.165) is 38.5 Å². The number of aliphatic hydroxyl groups excluding tert-OH is 1. The first-order valence-electron chi connectivity index (χ1n) is 7.18. The van der Waals surface area contributed by atoms with Gasteiger partial charge in [0.1, 0.15) is 0 Å². The maximum Gasteiger partial charge on any atom is 0.222 e. The summed E-state index contributed by atoms with van der Waals surface area (Å²) in [6.07, 6.45) is 4.95. The highest BCUT2D eigenvalue weighted by molar-refractivity contribution is 5.77. The molecule has 0 radical (unpaired) electrons. The number of rotatable bonds is 7. The molecule has 1 aliphatic rings. The fraction of sp³-hybridized carbons (Fsp3) is 0.929. The molecular weight excluding hydrogens is 230 g/mol. The average Bonchev–Trinajstić information content (AvgIpc) is 2.74. The summed E-state index contributed by atoms with van der Waals surface area (Å²) in [6.45, 7) is 4.38. The Bertz CT molecular complexity index is 258. The predicted molar refractivity (Wildman–Crippen MR) is 71.1 cm³/mol. The van der Waals surface area contributed by atoms with Gasteiger partial charge in [0.2, 0.25) is 5.91 Å². The molecule has 106 valence electrons. The van der Waals surface area contributed by atoms with Gasteiger partial charge in [-0.1, -0.05) is 39.5 Å². The van der Waals surface area contributed by atoms with Crippen molar-refractivity contribution in [3.63, 3.8) is 0 Å². The Morgan fingerprint density at radius 1 is 1.28 bits per heavy atom. The van der Waals surface area contributed by atoms with E-state index >= 15 is 0 Å². The molecule has 0 spiro atoms. The van der Waals surface area contributed by atoms with Crippen LogP contribution in [0.4, 0.5) is 0 Å². The van der Waals surface area contributed by atoms with Crippen LogP contribution in [-0.2, 0) is 4.79 Å². The second kappa shape index (κ2) is 7.10. The minimum atomic E-state index is -0.802. The van der Waals surface area contributed by atoms with Crippen LogP contribution < -0.4 is 5.32 Å². The van der Waals surface area contributed by atoms with Gasteiger partial charge < -0.3 is 15.5 Å². The van der Waals surface area contributed by atoms with Gasteiger partial charge in [-0.2, -0.15) is 0 Å². The summed E-state index contributed by atoms with van der Waals surface area (Å²) in [5.74, 6) is 0.0873. The molecule has 0 bridgehead atoms. The SMILES string of the molecule is CCC(CC)[C@H](O)CNC(=O)CC1(O)CCCC1. The molecule has 0 aromatic carbocycles. The first-order valence-corrected chi connectivity index (χ1v) is 7.18. The molecular formula is C14H27NO3. The van der Waals surface area contributed by atoms with Gasteiger partial charge >= 0.3 is 0 Å². The van der Waals surface area contributed by atoms with E-state index in [1.54, 1.807) is 0 Å². The lowest BCUT2D eigenvalue weighted by molar-refractivity contribution is -0.126. The summed E-state index contributed by atoms with van der Waals surface area (Å²) in [4.78, 5) is 11.7. The maximum absolute atomic E-state index is 11.7. The van der Waals surface area contributed by atoms with Crippen molar-refractivity contribution in [3.05, 3.63) is 0 Å². The van der Waals surface area contributed by atoms with Crippen LogP contribution in [0.15, 0.2) is 0 Å². The van der Waals surface area contributed by atoms with Crippen LogP contribution in [0.25, 0.3) is 0 Å². The van der Waals surface area contributed by atoms with Gasteiger partial charge in [-0.05, 0) is 18.8 Å². The van der Waals surface area contributed by atoms with Crippen LogP contribution in [0.3, 0.4) is 0 Å². The molecule has 18 heavy (non-hydrogen) atoms. The van der Waals surface area contributed by atoms with Gasteiger partial charge in [-0.3, -0.25) is 4.79 Å². The van der Waals surface area contributed by atoms with Gasteiger partial charge in [0.25, 0.3) is 0 Å². The quantitative estimate of drug-likeness (QED) is 0.649.